The van der Waals surface area contributed by atoms with Crippen LogP contribution in [0.25, 0.3) is 0 Å². The molecule has 138 valence electrons. The Labute approximate surface area is 162 Å². The van der Waals surface area contributed by atoms with Crippen LogP contribution in [0.2, 0.25) is 0 Å². The molecule has 2 heterocycles. The maximum Gasteiger partial charge on any atom is 0.265 e. The van der Waals surface area contributed by atoms with Crippen LogP contribution in [-0.4, -0.2) is 55.5 Å². The average Bonchev–Trinajstić information content (AvgIpc) is 3.09. The summed E-state index contributed by atoms with van der Waals surface area (Å²) >= 11 is 3.40. The molecule has 0 saturated carbocycles. The van der Waals surface area contributed by atoms with Crippen LogP contribution in [0.5, 0.6) is 5.75 Å². The Morgan fingerprint density at radius 1 is 1.48 bits per heavy atom. The fourth-order valence-corrected chi connectivity index (χ4v) is 3.58. The molecule has 1 saturated heterocycles. The zero-order valence-electron chi connectivity index (χ0n) is 14.2. The molecule has 1 unspecified atom stereocenters. The summed E-state index contributed by atoms with van der Waals surface area (Å²) in [6.07, 6.45) is 1.87. The number of nitrogens with zero attached hydrogens (tertiary/aromatic N) is 2. The third-order valence-electron chi connectivity index (χ3n) is 4.42. The maximum atomic E-state index is 12.9. The minimum absolute atomic E-state index is 0. The van der Waals surface area contributed by atoms with Gasteiger partial charge in [0.15, 0.2) is 6.61 Å². The Morgan fingerprint density at radius 2 is 2.28 bits per heavy atom. The predicted octanol–water partition coefficient (Wildman–Crippen LogP) is 2.20. The Kier molecular flexibility index (Phi) is 7.10. The molecule has 8 heteroatoms. The molecule has 2 amide bonds. The number of halogens is 2. The van der Waals surface area contributed by atoms with Gasteiger partial charge in [0.05, 0.1) is 5.69 Å². The summed E-state index contributed by atoms with van der Waals surface area (Å²) in [6, 6.07) is 5.70. The average molecular weight is 433 g/mol. The van der Waals surface area contributed by atoms with Gasteiger partial charge in [0, 0.05) is 23.6 Å². The van der Waals surface area contributed by atoms with E-state index in [2.05, 4.69) is 28.2 Å². The molecule has 2 aliphatic heterocycles. The van der Waals surface area contributed by atoms with Crippen molar-refractivity contribution in [2.45, 2.75) is 25.8 Å². The maximum absolute atomic E-state index is 12.9. The first kappa shape index (κ1) is 20.0. The van der Waals surface area contributed by atoms with Crippen LogP contribution < -0.4 is 15.0 Å². The molecule has 0 bridgehead atoms. The van der Waals surface area contributed by atoms with Crippen LogP contribution in [0.1, 0.15) is 19.8 Å². The minimum Gasteiger partial charge on any atom is -0.482 e. The van der Waals surface area contributed by atoms with Gasteiger partial charge in [-0.3, -0.25) is 14.5 Å². The molecule has 6 nitrogen and oxygen atoms in total. The monoisotopic (exact) mass is 431 g/mol. The van der Waals surface area contributed by atoms with E-state index >= 15 is 0 Å². The largest absolute Gasteiger partial charge is 0.482 e. The minimum atomic E-state index is -0.181. The van der Waals surface area contributed by atoms with Gasteiger partial charge in [-0.1, -0.05) is 22.9 Å². The molecule has 1 aromatic carbocycles. The van der Waals surface area contributed by atoms with E-state index in [0.717, 1.165) is 36.9 Å². The molecular weight excluding hydrogens is 410 g/mol. The van der Waals surface area contributed by atoms with E-state index in [-0.39, 0.29) is 43.4 Å². The SMILES string of the molecule is CCCN(C(=O)CN1C(=O)COc2cc(Br)ccc21)C1CCNC1.Cl. The Balaban J connectivity index is 0.00000225. The molecular formula is C17H23BrClN3O3. The lowest BCUT2D eigenvalue weighted by Gasteiger charge is -2.33. The zero-order valence-corrected chi connectivity index (χ0v) is 16.6. The van der Waals surface area contributed by atoms with Gasteiger partial charge in [0.2, 0.25) is 5.91 Å². The highest BCUT2D eigenvalue weighted by atomic mass is 79.9. The predicted molar refractivity (Wildman–Crippen MR) is 103 cm³/mol. The molecule has 0 aliphatic carbocycles. The van der Waals surface area contributed by atoms with Crippen LogP contribution in [0.4, 0.5) is 5.69 Å². The first-order chi connectivity index (χ1) is 11.6. The van der Waals surface area contributed by atoms with E-state index in [1.54, 1.807) is 4.90 Å². The summed E-state index contributed by atoms with van der Waals surface area (Å²) in [4.78, 5) is 28.6. The van der Waals surface area contributed by atoms with Gasteiger partial charge in [-0.25, -0.2) is 0 Å². The van der Waals surface area contributed by atoms with Gasteiger partial charge in [0.1, 0.15) is 12.3 Å². The number of rotatable bonds is 5. The highest BCUT2D eigenvalue weighted by Gasteiger charge is 2.31. The third-order valence-corrected chi connectivity index (χ3v) is 4.91. The van der Waals surface area contributed by atoms with Crippen molar-refractivity contribution in [1.82, 2.24) is 10.2 Å². The highest BCUT2D eigenvalue weighted by molar-refractivity contribution is 9.10. The topological polar surface area (TPSA) is 61.9 Å². The third kappa shape index (κ3) is 4.46. The normalized spacial score (nSPS) is 19.0. The van der Waals surface area contributed by atoms with Crippen LogP contribution in [0.15, 0.2) is 22.7 Å². The second kappa shape index (κ2) is 8.87. The Hall–Kier alpha value is -1.31. The number of nitrogens with one attached hydrogen (secondary N) is 1. The van der Waals surface area contributed by atoms with E-state index in [4.69, 9.17) is 4.74 Å². The number of amides is 2. The van der Waals surface area contributed by atoms with Crippen molar-refractivity contribution in [2.75, 3.05) is 37.7 Å². The second-order valence-corrected chi connectivity index (χ2v) is 7.03. The van der Waals surface area contributed by atoms with Crippen LogP contribution in [-0.2, 0) is 9.59 Å². The van der Waals surface area contributed by atoms with Crippen LogP contribution in [0.3, 0.4) is 0 Å². The molecule has 1 fully saturated rings. The molecule has 0 radical (unpaired) electrons. The van der Waals surface area contributed by atoms with E-state index in [0.29, 0.717) is 11.4 Å². The van der Waals surface area contributed by atoms with Crippen molar-refractivity contribution >= 4 is 45.8 Å². The zero-order chi connectivity index (χ0) is 17.1. The lowest BCUT2D eigenvalue weighted by atomic mass is 10.2. The van der Waals surface area contributed by atoms with E-state index in [1.165, 1.54) is 0 Å². The fourth-order valence-electron chi connectivity index (χ4n) is 3.24. The van der Waals surface area contributed by atoms with Gasteiger partial charge in [-0.15, -0.1) is 12.4 Å². The summed E-state index contributed by atoms with van der Waals surface area (Å²) < 4.78 is 6.36. The van der Waals surface area contributed by atoms with Gasteiger partial charge in [-0.2, -0.15) is 0 Å². The quantitative estimate of drug-likeness (QED) is 0.775. The first-order valence-corrected chi connectivity index (χ1v) is 9.12. The molecule has 1 atom stereocenters. The number of hydrogen-bond acceptors (Lipinski definition) is 4. The summed E-state index contributed by atoms with van der Waals surface area (Å²) in [5.41, 5.74) is 0.656. The van der Waals surface area contributed by atoms with E-state index in [9.17, 15) is 9.59 Å². The summed E-state index contributed by atoms with van der Waals surface area (Å²) in [6.45, 7) is 4.58. The Morgan fingerprint density at radius 3 is 2.96 bits per heavy atom. The number of fused-ring (bicyclic) bond motifs is 1. The lowest BCUT2D eigenvalue weighted by molar-refractivity contribution is -0.133. The fraction of sp³-hybridized carbons (Fsp3) is 0.529. The molecule has 1 N–H and O–H groups in total. The van der Waals surface area contributed by atoms with Crippen molar-refractivity contribution in [3.63, 3.8) is 0 Å². The van der Waals surface area contributed by atoms with Crippen molar-refractivity contribution in [1.29, 1.82) is 0 Å². The van der Waals surface area contributed by atoms with Crippen LogP contribution in [0, 0.1) is 0 Å². The second-order valence-electron chi connectivity index (χ2n) is 6.11. The molecule has 1 aromatic rings. The smallest absolute Gasteiger partial charge is 0.265 e. The number of benzene rings is 1. The first-order valence-electron chi connectivity index (χ1n) is 8.33. The van der Waals surface area contributed by atoms with Gasteiger partial charge < -0.3 is 15.0 Å². The summed E-state index contributed by atoms with van der Waals surface area (Å²) in [5.74, 6) is 0.440. The highest BCUT2D eigenvalue weighted by Crippen LogP contribution is 2.34. The van der Waals surface area contributed by atoms with Crippen LogP contribution >= 0.6 is 28.3 Å². The number of hydrogen-bond donors (Lipinski definition) is 1. The van der Waals surface area contributed by atoms with Gasteiger partial charge >= 0.3 is 0 Å². The molecule has 2 aliphatic rings. The number of carbonyl (C=O) groups excluding carboxylic acids is 2. The molecule has 0 aromatic heterocycles. The van der Waals surface area contributed by atoms with Crippen molar-refractivity contribution < 1.29 is 14.3 Å². The van der Waals surface area contributed by atoms with E-state index < -0.39 is 0 Å². The van der Waals surface area contributed by atoms with Crippen molar-refractivity contribution in [2.24, 2.45) is 0 Å². The molecule has 3 rings (SSSR count). The Bertz CT molecular complexity index is 638. The molecule has 25 heavy (non-hydrogen) atoms. The lowest BCUT2D eigenvalue weighted by Crippen LogP contribution is -2.50. The number of ether oxygens (including phenoxy) is 1. The van der Waals surface area contributed by atoms with Gasteiger partial charge in [-0.05, 0) is 37.6 Å². The van der Waals surface area contributed by atoms with Crippen molar-refractivity contribution in [3.05, 3.63) is 22.7 Å². The number of anilines is 1. The summed E-state index contributed by atoms with van der Waals surface area (Å²) in [5, 5.41) is 3.30. The van der Waals surface area contributed by atoms with E-state index in [1.807, 2.05) is 23.1 Å². The number of carbonyl (C=O) groups is 2. The van der Waals surface area contributed by atoms with Crippen molar-refractivity contribution in [3.8, 4) is 5.75 Å². The standard InChI is InChI=1S/C17H22BrN3O3.ClH/c1-2-7-20(13-5-6-19-9-13)16(22)10-21-14-4-3-12(18)8-15(14)24-11-17(21)23;/h3-4,8,13,19H,2,5-7,9-11H2,1H3;1H. The van der Waals surface area contributed by atoms with Gasteiger partial charge in [0.25, 0.3) is 5.91 Å². The molecule has 0 spiro atoms. The summed E-state index contributed by atoms with van der Waals surface area (Å²) in [7, 11) is 0.